The minimum atomic E-state index is -4.71. The predicted octanol–water partition coefficient (Wildman–Crippen LogP) is 12.4. The van der Waals surface area contributed by atoms with Crippen molar-refractivity contribution in [1.29, 1.82) is 0 Å². The van der Waals surface area contributed by atoms with Crippen LogP contribution < -0.4 is 9.47 Å². The highest BCUT2D eigenvalue weighted by Gasteiger charge is 2.35. The van der Waals surface area contributed by atoms with E-state index in [0.717, 1.165) is 51.1 Å². The highest BCUT2D eigenvalue weighted by molar-refractivity contribution is 8.18. The van der Waals surface area contributed by atoms with E-state index in [9.17, 15) is 27.9 Å². The zero-order valence-corrected chi connectivity index (χ0v) is 34.2. The SMILES string of the molecule is CC(=O)Oc1cc(C(F)(F)F)ccc1C(=O)Oc1c(C(C)(C)C)cc(SC(C)(C)Sc2cc(C(C)(C)C)c(O)c(C(C)(C)C)c2)cc1C(C)(C)C. The lowest BCUT2D eigenvalue weighted by atomic mass is 9.79. The molecule has 0 fully saturated rings. The van der Waals surface area contributed by atoms with Crippen molar-refractivity contribution in [2.75, 3.05) is 0 Å². The van der Waals surface area contributed by atoms with E-state index in [1.54, 1.807) is 23.5 Å². The number of benzene rings is 3. The number of esters is 2. The second-order valence-electron chi connectivity index (χ2n) is 17.5. The Balaban J connectivity index is 2.15. The van der Waals surface area contributed by atoms with Gasteiger partial charge in [-0.15, -0.1) is 23.5 Å². The maximum Gasteiger partial charge on any atom is 0.416 e. The predicted molar refractivity (Wildman–Crippen MR) is 203 cm³/mol. The Morgan fingerprint density at radius 2 is 1.00 bits per heavy atom. The first-order valence-corrected chi connectivity index (χ1v) is 18.5. The number of carbonyl (C=O) groups is 2. The van der Waals surface area contributed by atoms with Gasteiger partial charge in [0.05, 0.1) is 9.64 Å². The van der Waals surface area contributed by atoms with Crippen LogP contribution in [0.25, 0.3) is 0 Å². The lowest BCUT2D eigenvalue weighted by Gasteiger charge is -2.32. The third kappa shape index (κ3) is 10.7. The molecule has 5 nitrogen and oxygen atoms in total. The van der Waals surface area contributed by atoms with Crippen molar-refractivity contribution in [1.82, 2.24) is 0 Å². The Labute approximate surface area is 310 Å². The van der Waals surface area contributed by atoms with Crippen LogP contribution in [0.1, 0.15) is 142 Å². The van der Waals surface area contributed by atoms with Gasteiger partial charge < -0.3 is 14.6 Å². The molecule has 1 N–H and O–H groups in total. The molecule has 0 aliphatic heterocycles. The number of aromatic hydroxyl groups is 1. The number of hydrogen-bond donors (Lipinski definition) is 1. The number of thioether (sulfide) groups is 2. The Bertz CT molecular complexity index is 1730. The van der Waals surface area contributed by atoms with Gasteiger partial charge in [0.1, 0.15) is 22.8 Å². The van der Waals surface area contributed by atoms with Gasteiger partial charge in [0.15, 0.2) is 0 Å². The van der Waals surface area contributed by atoms with E-state index in [1.165, 1.54) is 0 Å². The van der Waals surface area contributed by atoms with Crippen LogP contribution in [0.4, 0.5) is 13.2 Å². The van der Waals surface area contributed by atoms with E-state index in [2.05, 4.69) is 67.5 Å². The fraction of sp³-hybridized carbons (Fsp3) is 0.512. The number of phenolic OH excluding ortho intramolecular Hbond substituents is 1. The molecule has 0 saturated heterocycles. The molecule has 0 aromatic heterocycles. The standard InChI is InChI=1S/C41H53F3O5S2/c1-23(45)48-32-18-24(41(42,43)44)16-17-27(32)35(47)49-34-30(38(8,9)10)21-26(22-31(34)39(11,12)13)51-40(14,15)50-25-19-28(36(2,3)4)33(46)29(20-25)37(5,6)7/h16-22,46H,1-15H3. The summed E-state index contributed by atoms with van der Waals surface area (Å²) in [7, 11) is 0. The zero-order chi connectivity index (χ0) is 39.3. The van der Waals surface area contributed by atoms with Crippen molar-refractivity contribution >= 4 is 35.5 Å². The van der Waals surface area contributed by atoms with Crippen molar-refractivity contribution in [2.45, 2.75) is 146 Å². The molecule has 0 aliphatic rings. The van der Waals surface area contributed by atoms with Gasteiger partial charge in [0, 0.05) is 39.0 Å². The maximum absolute atomic E-state index is 13.8. The first-order chi connectivity index (χ1) is 22.8. The van der Waals surface area contributed by atoms with Gasteiger partial charge >= 0.3 is 18.1 Å². The highest BCUT2D eigenvalue weighted by Crippen LogP contribution is 2.51. The number of phenols is 1. The highest BCUT2D eigenvalue weighted by atomic mass is 32.2. The maximum atomic E-state index is 13.8. The van der Waals surface area contributed by atoms with Crippen LogP contribution in [-0.2, 0) is 32.6 Å². The van der Waals surface area contributed by atoms with Crippen LogP contribution in [0.2, 0.25) is 0 Å². The van der Waals surface area contributed by atoms with Crippen LogP contribution in [-0.4, -0.2) is 21.1 Å². The molecule has 0 unspecified atom stereocenters. The fourth-order valence-corrected chi connectivity index (χ4v) is 8.12. The molecular formula is C41H53F3O5S2. The van der Waals surface area contributed by atoms with Crippen LogP contribution in [0.3, 0.4) is 0 Å². The molecule has 0 aliphatic carbocycles. The van der Waals surface area contributed by atoms with Gasteiger partial charge in [-0.1, -0.05) is 83.1 Å². The Morgan fingerprint density at radius 3 is 1.35 bits per heavy atom. The molecule has 3 rings (SSSR count). The quantitative estimate of drug-likeness (QED) is 0.112. The van der Waals surface area contributed by atoms with E-state index in [4.69, 9.17) is 9.47 Å². The molecule has 0 amide bonds. The largest absolute Gasteiger partial charge is 0.507 e. The minimum absolute atomic E-state index is 0.270. The minimum Gasteiger partial charge on any atom is -0.507 e. The zero-order valence-electron chi connectivity index (χ0n) is 32.6. The average molecular weight is 747 g/mol. The first-order valence-electron chi connectivity index (χ1n) is 16.9. The van der Waals surface area contributed by atoms with Crippen LogP contribution >= 0.6 is 23.5 Å². The van der Waals surface area contributed by atoms with Gasteiger partial charge in [0.2, 0.25) is 0 Å². The van der Waals surface area contributed by atoms with Crippen molar-refractivity contribution in [2.24, 2.45) is 0 Å². The van der Waals surface area contributed by atoms with Crippen LogP contribution in [0, 0.1) is 0 Å². The molecule has 0 heterocycles. The fourth-order valence-electron chi connectivity index (χ4n) is 5.54. The molecule has 0 saturated carbocycles. The van der Waals surface area contributed by atoms with Crippen LogP contribution in [0.15, 0.2) is 52.3 Å². The second-order valence-corrected chi connectivity index (χ2v) is 21.2. The van der Waals surface area contributed by atoms with Gasteiger partial charge in [0.25, 0.3) is 0 Å². The summed E-state index contributed by atoms with van der Waals surface area (Å²) in [6.45, 7) is 29.9. The van der Waals surface area contributed by atoms with Crippen molar-refractivity contribution in [3.63, 3.8) is 0 Å². The third-order valence-corrected chi connectivity index (χ3v) is 10.5. The van der Waals surface area contributed by atoms with Crippen molar-refractivity contribution in [3.05, 3.63) is 75.8 Å². The summed E-state index contributed by atoms with van der Waals surface area (Å²) in [6, 6.07) is 10.5. The summed E-state index contributed by atoms with van der Waals surface area (Å²) in [4.78, 5) is 27.5. The molecule has 3 aromatic rings. The second kappa shape index (κ2) is 14.4. The number of halogens is 3. The summed E-state index contributed by atoms with van der Waals surface area (Å²) in [5, 5.41) is 11.3. The average Bonchev–Trinajstić information content (AvgIpc) is 2.90. The third-order valence-electron chi connectivity index (χ3n) is 8.08. The summed E-state index contributed by atoms with van der Waals surface area (Å²) >= 11 is 3.37. The molecule has 0 radical (unpaired) electrons. The monoisotopic (exact) mass is 746 g/mol. The van der Waals surface area contributed by atoms with Gasteiger partial charge in [-0.05, 0) is 78.0 Å². The molecule has 3 aromatic carbocycles. The lowest BCUT2D eigenvalue weighted by molar-refractivity contribution is -0.138. The number of carbonyl (C=O) groups excluding carboxylic acids is 2. The topological polar surface area (TPSA) is 72.8 Å². The molecule has 51 heavy (non-hydrogen) atoms. The van der Waals surface area contributed by atoms with Crippen LogP contribution in [0.5, 0.6) is 17.2 Å². The number of ether oxygens (including phenoxy) is 2. The van der Waals surface area contributed by atoms with E-state index < -0.39 is 40.3 Å². The van der Waals surface area contributed by atoms with E-state index >= 15 is 0 Å². The van der Waals surface area contributed by atoms with Crippen molar-refractivity contribution in [3.8, 4) is 17.2 Å². The summed E-state index contributed by atoms with van der Waals surface area (Å²) in [6.07, 6.45) is -4.71. The number of rotatable bonds is 7. The van der Waals surface area contributed by atoms with E-state index in [-0.39, 0.29) is 20.5 Å². The summed E-state index contributed by atoms with van der Waals surface area (Å²) in [5.41, 5.74) is 0.335. The normalized spacial score (nSPS) is 13.3. The Kier molecular flexibility index (Phi) is 11.9. The van der Waals surface area contributed by atoms with Gasteiger partial charge in [-0.2, -0.15) is 13.2 Å². The molecule has 0 bridgehead atoms. The van der Waals surface area contributed by atoms with E-state index in [1.807, 2.05) is 53.7 Å². The molecule has 0 spiro atoms. The molecular weight excluding hydrogens is 694 g/mol. The van der Waals surface area contributed by atoms with Gasteiger partial charge in [-0.3, -0.25) is 4.79 Å². The van der Waals surface area contributed by atoms with Gasteiger partial charge in [-0.25, -0.2) is 4.79 Å². The summed E-state index contributed by atoms with van der Waals surface area (Å²) < 4.78 is 51.3. The molecule has 10 heteroatoms. The number of alkyl halides is 3. The molecule has 0 atom stereocenters. The molecule has 280 valence electrons. The van der Waals surface area contributed by atoms with Crippen molar-refractivity contribution < 1.29 is 37.3 Å². The lowest BCUT2D eigenvalue weighted by Crippen LogP contribution is -2.23. The van der Waals surface area contributed by atoms with E-state index in [0.29, 0.717) is 17.6 Å². The Morgan fingerprint density at radius 1 is 0.608 bits per heavy atom. The summed E-state index contributed by atoms with van der Waals surface area (Å²) in [5.74, 6) is -1.69. The first kappa shape index (κ1) is 42.3. The Hall–Kier alpha value is -3.11. The smallest absolute Gasteiger partial charge is 0.416 e. The number of hydrogen-bond acceptors (Lipinski definition) is 7.